The van der Waals surface area contributed by atoms with Crippen molar-refractivity contribution < 1.29 is 13.3 Å². The van der Waals surface area contributed by atoms with Crippen LogP contribution in [0.4, 0.5) is 0 Å². The molecular weight excluding hydrogens is 186 g/mol. The summed E-state index contributed by atoms with van der Waals surface area (Å²) in [7, 11) is 0.656. The van der Waals surface area contributed by atoms with Crippen LogP contribution in [0.5, 0.6) is 0 Å². The summed E-state index contributed by atoms with van der Waals surface area (Å²) in [5, 5.41) is 0. The number of nitrogens with two attached hydrogens (primary N) is 1. The summed E-state index contributed by atoms with van der Waals surface area (Å²) in [5.74, 6) is 0.623. The largest absolute Gasteiger partial charge is 0.514 e. The lowest BCUT2D eigenvalue weighted by molar-refractivity contribution is 0.0951. The Morgan fingerprint density at radius 3 is 2.08 bits per heavy atom. The fraction of sp³-hybridized carbons (Fsp3) is 1.00. The molecule has 0 heterocycles. The maximum Gasteiger partial charge on any atom is 0.514 e. The van der Waals surface area contributed by atoms with E-state index in [2.05, 4.69) is 13.8 Å². The maximum atomic E-state index is 5.56. The van der Waals surface area contributed by atoms with E-state index in [9.17, 15) is 0 Å². The molecule has 0 radical (unpaired) electrons. The van der Waals surface area contributed by atoms with Gasteiger partial charge in [0.1, 0.15) is 0 Å². The van der Waals surface area contributed by atoms with Gasteiger partial charge >= 0.3 is 8.80 Å². The monoisotopic (exact) mass is 207 g/mol. The van der Waals surface area contributed by atoms with E-state index in [0.29, 0.717) is 18.7 Å². The highest BCUT2D eigenvalue weighted by Crippen LogP contribution is 2.08. The minimum atomic E-state index is -2.51. The van der Waals surface area contributed by atoms with Crippen LogP contribution in [0.3, 0.4) is 0 Å². The molecule has 0 aliphatic heterocycles. The molecule has 0 spiro atoms. The molecule has 2 N–H and O–H groups in total. The minimum absolute atomic E-state index is 0.331. The first-order valence-electron chi connectivity index (χ1n) is 4.54. The Bertz CT molecular complexity index is 120. The summed E-state index contributed by atoms with van der Waals surface area (Å²) in [6, 6.07) is 0. The van der Waals surface area contributed by atoms with Crippen LogP contribution in [0.2, 0.25) is 0 Å². The normalized spacial score (nSPS) is 12.5. The van der Waals surface area contributed by atoms with Crippen molar-refractivity contribution in [3.63, 3.8) is 0 Å². The van der Waals surface area contributed by atoms with Gasteiger partial charge in [-0.05, 0) is 12.3 Å². The van der Waals surface area contributed by atoms with E-state index in [4.69, 9.17) is 19.0 Å². The number of hydrogen-bond donors (Lipinski definition) is 1. The van der Waals surface area contributed by atoms with Crippen molar-refractivity contribution >= 4 is 8.80 Å². The average Bonchev–Trinajstić information content (AvgIpc) is 2.13. The third-order valence-electron chi connectivity index (χ3n) is 1.89. The maximum absolute atomic E-state index is 5.56. The molecule has 0 aromatic carbocycles. The molecule has 0 aromatic heterocycles. The van der Waals surface area contributed by atoms with Crippen molar-refractivity contribution in [1.29, 1.82) is 0 Å². The van der Waals surface area contributed by atoms with Crippen molar-refractivity contribution in [1.82, 2.24) is 0 Å². The number of hydrogen-bond acceptors (Lipinski definition) is 4. The second-order valence-electron chi connectivity index (χ2n) is 3.33. The van der Waals surface area contributed by atoms with E-state index in [1.165, 1.54) is 0 Å². The summed E-state index contributed by atoms with van der Waals surface area (Å²) >= 11 is 0. The van der Waals surface area contributed by atoms with Crippen molar-refractivity contribution in [3.05, 3.63) is 0 Å². The molecule has 4 nitrogen and oxygen atoms in total. The van der Waals surface area contributed by atoms with E-state index in [1.807, 2.05) is 0 Å². The molecule has 0 aliphatic rings. The Kier molecular flexibility index (Phi) is 6.53. The lowest BCUT2D eigenvalue weighted by Gasteiger charge is -2.24. The van der Waals surface area contributed by atoms with Crippen molar-refractivity contribution in [2.45, 2.75) is 20.3 Å². The van der Waals surface area contributed by atoms with Crippen molar-refractivity contribution in [3.8, 4) is 0 Å². The summed E-state index contributed by atoms with van der Waals surface area (Å²) in [5.41, 5.74) is 5.53. The Morgan fingerprint density at radius 2 is 1.77 bits per heavy atom. The highest BCUT2D eigenvalue weighted by atomic mass is 28.4. The van der Waals surface area contributed by atoms with Crippen LogP contribution in [0, 0.1) is 5.92 Å². The Labute approximate surface area is 81.7 Å². The molecule has 0 saturated carbocycles. The molecule has 0 amide bonds. The average molecular weight is 207 g/mol. The standard InChI is InChI=1S/C8H21NO3Si/c1-8(2)5-6-12-13(7-9,10-3)11-4/h8H,5-7,9H2,1-4H3. The Balaban J connectivity index is 3.81. The molecule has 0 aliphatic carbocycles. The van der Waals surface area contributed by atoms with E-state index in [1.54, 1.807) is 14.2 Å². The Hall–Kier alpha value is 0.0569. The molecule has 0 bridgehead atoms. The van der Waals surface area contributed by atoms with E-state index < -0.39 is 8.80 Å². The van der Waals surface area contributed by atoms with Crippen LogP contribution in [-0.2, 0) is 13.3 Å². The highest BCUT2D eigenvalue weighted by Gasteiger charge is 2.37. The van der Waals surface area contributed by atoms with Gasteiger partial charge in [-0.3, -0.25) is 0 Å². The third-order valence-corrected chi connectivity index (χ3v) is 4.28. The Morgan fingerprint density at radius 1 is 1.23 bits per heavy atom. The van der Waals surface area contributed by atoms with Crippen LogP contribution in [0.1, 0.15) is 20.3 Å². The zero-order chi connectivity index (χ0) is 10.3. The molecule has 0 saturated heterocycles. The molecule has 80 valence electrons. The van der Waals surface area contributed by atoms with Gasteiger partial charge in [0.2, 0.25) is 0 Å². The minimum Gasteiger partial charge on any atom is -0.376 e. The van der Waals surface area contributed by atoms with E-state index in [-0.39, 0.29) is 0 Å². The zero-order valence-electron chi connectivity index (χ0n) is 9.00. The predicted octanol–water partition coefficient (Wildman–Crippen LogP) is 0.779. The molecule has 5 heteroatoms. The van der Waals surface area contributed by atoms with Gasteiger partial charge in [-0.2, -0.15) is 0 Å². The van der Waals surface area contributed by atoms with Crippen molar-refractivity contribution in [2.24, 2.45) is 11.7 Å². The fourth-order valence-corrected chi connectivity index (χ4v) is 2.16. The fourth-order valence-electron chi connectivity index (χ4n) is 0.877. The zero-order valence-corrected chi connectivity index (χ0v) is 10.0. The van der Waals surface area contributed by atoms with Gasteiger partial charge < -0.3 is 19.0 Å². The topological polar surface area (TPSA) is 53.7 Å². The van der Waals surface area contributed by atoms with Crippen LogP contribution < -0.4 is 5.73 Å². The van der Waals surface area contributed by atoms with Crippen LogP contribution in [-0.4, -0.2) is 35.8 Å². The van der Waals surface area contributed by atoms with E-state index >= 15 is 0 Å². The van der Waals surface area contributed by atoms with Crippen LogP contribution >= 0.6 is 0 Å². The van der Waals surface area contributed by atoms with Gasteiger partial charge in [0.15, 0.2) is 0 Å². The first-order chi connectivity index (χ1) is 6.10. The van der Waals surface area contributed by atoms with E-state index in [0.717, 1.165) is 6.42 Å². The predicted molar refractivity (Wildman–Crippen MR) is 54.2 cm³/mol. The third kappa shape index (κ3) is 4.73. The van der Waals surface area contributed by atoms with Gasteiger partial charge in [0.25, 0.3) is 0 Å². The SMILES string of the molecule is CO[Si](CN)(OC)OCCC(C)C. The molecule has 0 unspecified atom stereocenters. The summed E-state index contributed by atoms with van der Waals surface area (Å²) in [4.78, 5) is 0. The van der Waals surface area contributed by atoms with Gasteiger partial charge in [-0.1, -0.05) is 13.8 Å². The molecule has 13 heavy (non-hydrogen) atoms. The first kappa shape index (κ1) is 13.1. The van der Waals surface area contributed by atoms with Crippen LogP contribution in [0.25, 0.3) is 0 Å². The summed E-state index contributed by atoms with van der Waals surface area (Å²) in [6.45, 7) is 4.95. The second-order valence-corrected chi connectivity index (χ2v) is 6.21. The lowest BCUT2D eigenvalue weighted by Crippen LogP contribution is -2.51. The van der Waals surface area contributed by atoms with Crippen LogP contribution in [0.15, 0.2) is 0 Å². The molecule has 0 fully saturated rings. The van der Waals surface area contributed by atoms with Gasteiger partial charge in [-0.15, -0.1) is 0 Å². The van der Waals surface area contributed by atoms with Crippen molar-refractivity contribution in [2.75, 3.05) is 27.0 Å². The molecule has 0 rings (SSSR count). The molecule has 0 aromatic rings. The smallest absolute Gasteiger partial charge is 0.376 e. The summed E-state index contributed by atoms with van der Waals surface area (Å²) < 4.78 is 15.9. The highest BCUT2D eigenvalue weighted by molar-refractivity contribution is 6.60. The first-order valence-corrected chi connectivity index (χ1v) is 6.47. The van der Waals surface area contributed by atoms with Gasteiger partial charge in [-0.25, -0.2) is 0 Å². The van der Waals surface area contributed by atoms with Gasteiger partial charge in [0.05, 0.1) is 6.17 Å². The second kappa shape index (κ2) is 6.50. The molecule has 0 atom stereocenters. The quantitative estimate of drug-likeness (QED) is 0.627. The summed E-state index contributed by atoms with van der Waals surface area (Å²) in [6.07, 6.45) is 1.33. The number of rotatable bonds is 7. The van der Waals surface area contributed by atoms with Gasteiger partial charge in [0, 0.05) is 20.8 Å². The lowest BCUT2D eigenvalue weighted by atomic mass is 10.2. The molecular formula is C8H21NO3Si.